The standard InChI is InChI=1S/C22H23N3OS/c1-15-19(14-17-8-4-3-5-9-17)24-22(23-15)27-16(2)21(26)25-13-12-18-10-6-7-11-20(18)25/h3-11,16H,12-14H2,1-2H3,(H,23,24). The number of para-hydroxylation sites is 1. The molecule has 0 saturated heterocycles. The molecule has 0 bridgehead atoms. The van der Waals surface area contributed by atoms with Gasteiger partial charge in [-0.25, -0.2) is 4.98 Å². The van der Waals surface area contributed by atoms with Crippen LogP contribution in [0.25, 0.3) is 0 Å². The van der Waals surface area contributed by atoms with Crippen molar-refractivity contribution in [2.75, 3.05) is 11.4 Å². The van der Waals surface area contributed by atoms with Gasteiger partial charge in [-0.05, 0) is 37.5 Å². The average Bonchev–Trinajstić information content (AvgIpc) is 3.25. The van der Waals surface area contributed by atoms with Crippen LogP contribution in [0.2, 0.25) is 0 Å². The molecular weight excluding hydrogens is 354 g/mol. The second-order valence-electron chi connectivity index (χ2n) is 6.90. The molecule has 1 aliphatic heterocycles. The van der Waals surface area contributed by atoms with E-state index in [1.54, 1.807) is 0 Å². The zero-order valence-corrected chi connectivity index (χ0v) is 16.4. The smallest absolute Gasteiger partial charge is 0.240 e. The number of aromatic amines is 1. The monoisotopic (exact) mass is 377 g/mol. The number of aryl methyl sites for hydroxylation is 1. The molecule has 138 valence electrons. The second-order valence-corrected chi connectivity index (χ2v) is 8.23. The van der Waals surface area contributed by atoms with Crippen molar-refractivity contribution in [2.45, 2.75) is 37.1 Å². The number of aromatic nitrogens is 2. The third-order valence-electron chi connectivity index (χ3n) is 4.97. The van der Waals surface area contributed by atoms with Crippen LogP contribution in [0.3, 0.4) is 0 Å². The Morgan fingerprint density at radius 1 is 1.19 bits per heavy atom. The van der Waals surface area contributed by atoms with Crippen molar-refractivity contribution < 1.29 is 4.79 Å². The number of amides is 1. The summed E-state index contributed by atoms with van der Waals surface area (Å²) >= 11 is 1.50. The third kappa shape index (κ3) is 3.78. The Morgan fingerprint density at radius 2 is 1.93 bits per heavy atom. The van der Waals surface area contributed by atoms with Crippen molar-refractivity contribution in [3.8, 4) is 0 Å². The molecule has 2 heterocycles. The van der Waals surface area contributed by atoms with Gasteiger partial charge in [-0.3, -0.25) is 4.79 Å². The van der Waals surface area contributed by atoms with Crippen LogP contribution in [-0.4, -0.2) is 27.7 Å². The number of anilines is 1. The van der Waals surface area contributed by atoms with Gasteiger partial charge in [-0.15, -0.1) is 0 Å². The van der Waals surface area contributed by atoms with Gasteiger partial charge < -0.3 is 9.88 Å². The van der Waals surface area contributed by atoms with E-state index in [1.807, 2.05) is 55.1 Å². The summed E-state index contributed by atoms with van der Waals surface area (Å²) in [6.07, 6.45) is 1.73. The number of hydrogen-bond acceptors (Lipinski definition) is 3. The van der Waals surface area contributed by atoms with E-state index in [0.717, 1.165) is 41.6 Å². The lowest BCUT2D eigenvalue weighted by molar-refractivity contribution is -0.117. The van der Waals surface area contributed by atoms with Crippen LogP contribution in [-0.2, 0) is 17.6 Å². The number of H-pyrrole nitrogens is 1. The highest BCUT2D eigenvalue weighted by molar-refractivity contribution is 8.00. The molecule has 0 saturated carbocycles. The minimum Gasteiger partial charge on any atom is -0.337 e. The predicted molar refractivity (Wildman–Crippen MR) is 110 cm³/mol. The largest absolute Gasteiger partial charge is 0.337 e. The number of imidazole rings is 1. The number of hydrogen-bond donors (Lipinski definition) is 1. The van der Waals surface area contributed by atoms with Gasteiger partial charge in [0.2, 0.25) is 5.91 Å². The Labute approximate surface area is 164 Å². The Balaban J connectivity index is 1.45. The fourth-order valence-corrected chi connectivity index (χ4v) is 4.43. The summed E-state index contributed by atoms with van der Waals surface area (Å²) in [5.41, 5.74) is 5.64. The number of carbonyl (C=O) groups is 1. The molecular formula is C22H23N3OS. The highest BCUT2D eigenvalue weighted by Crippen LogP contribution is 2.31. The van der Waals surface area contributed by atoms with E-state index >= 15 is 0 Å². The first kappa shape index (κ1) is 17.9. The molecule has 4 nitrogen and oxygen atoms in total. The van der Waals surface area contributed by atoms with Gasteiger partial charge in [0.25, 0.3) is 0 Å². The van der Waals surface area contributed by atoms with Crippen molar-refractivity contribution in [3.63, 3.8) is 0 Å². The fraction of sp³-hybridized carbons (Fsp3) is 0.273. The number of rotatable bonds is 5. The van der Waals surface area contributed by atoms with Gasteiger partial charge in [0.15, 0.2) is 5.16 Å². The van der Waals surface area contributed by atoms with E-state index in [2.05, 4.69) is 23.2 Å². The van der Waals surface area contributed by atoms with Gasteiger partial charge in [0, 0.05) is 24.3 Å². The normalized spacial score (nSPS) is 14.2. The van der Waals surface area contributed by atoms with Crippen LogP contribution in [0.5, 0.6) is 0 Å². The first-order valence-electron chi connectivity index (χ1n) is 9.27. The summed E-state index contributed by atoms with van der Waals surface area (Å²) < 4.78 is 0. The summed E-state index contributed by atoms with van der Waals surface area (Å²) in [5.74, 6) is 0.142. The molecule has 0 aliphatic carbocycles. The van der Waals surface area contributed by atoms with Crippen LogP contribution in [0, 0.1) is 6.92 Å². The van der Waals surface area contributed by atoms with Gasteiger partial charge in [0.1, 0.15) is 0 Å². The number of thioether (sulfide) groups is 1. The van der Waals surface area contributed by atoms with Crippen molar-refractivity contribution in [1.29, 1.82) is 0 Å². The zero-order chi connectivity index (χ0) is 18.8. The lowest BCUT2D eigenvalue weighted by Crippen LogP contribution is -2.35. The lowest BCUT2D eigenvalue weighted by atomic mass is 10.1. The summed E-state index contributed by atoms with van der Waals surface area (Å²) in [7, 11) is 0. The Hall–Kier alpha value is -2.53. The molecule has 1 atom stereocenters. The molecule has 1 aliphatic rings. The van der Waals surface area contributed by atoms with E-state index in [9.17, 15) is 4.79 Å². The number of nitrogens with zero attached hydrogens (tertiary/aromatic N) is 2. The highest BCUT2D eigenvalue weighted by atomic mass is 32.2. The quantitative estimate of drug-likeness (QED) is 0.671. The lowest BCUT2D eigenvalue weighted by Gasteiger charge is -2.20. The summed E-state index contributed by atoms with van der Waals surface area (Å²) in [6, 6.07) is 18.5. The van der Waals surface area contributed by atoms with Crippen molar-refractivity contribution in [2.24, 2.45) is 0 Å². The minimum absolute atomic E-state index is 0.142. The Morgan fingerprint density at radius 3 is 2.74 bits per heavy atom. The van der Waals surface area contributed by atoms with Gasteiger partial charge >= 0.3 is 0 Å². The molecule has 1 amide bonds. The molecule has 27 heavy (non-hydrogen) atoms. The SMILES string of the molecule is Cc1[nH]c(SC(C)C(=O)N2CCc3ccccc32)nc1Cc1ccccc1. The van der Waals surface area contributed by atoms with Crippen LogP contribution < -0.4 is 4.90 Å². The number of benzene rings is 2. The number of carbonyl (C=O) groups excluding carboxylic acids is 1. The van der Waals surface area contributed by atoms with Crippen molar-refractivity contribution in [1.82, 2.24) is 9.97 Å². The van der Waals surface area contributed by atoms with E-state index in [4.69, 9.17) is 4.98 Å². The fourth-order valence-electron chi connectivity index (χ4n) is 3.49. The number of nitrogens with one attached hydrogen (secondary N) is 1. The molecule has 4 rings (SSSR count). The minimum atomic E-state index is -0.189. The maximum atomic E-state index is 13.0. The number of fused-ring (bicyclic) bond motifs is 1. The van der Waals surface area contributed by atoms with Crippen LogP contribution in [0.4, 0.5) is 5.69 Å². The van der Waals surface area contributed by atoms with Gasteiger partial charge in [-0.2, -0.15) is 0 Å². The van der Waals surface area contributed by atoms with Crippen LogP contribution in [0.1, 0.15) is 29.4 Å². The third-order valence-corrected chi connectivity index (χ3v) is 5.94. The first-order valence-corrected chi connectivity index (χ1v) is 10.1. The molecule has 1 aromatic heterocycles. The molecule has 1 unspecified atom stereocenters. The zero-order valence-electron chi connectivity index (χ0n) is 15.6. The van der Waals surface area contributed by atoms with Crippen LogP contribution in [0.15, 0.2) is 59.8 Å². The molecule has 0 radical (unpaired) electrons. The molecule has 3 aromatic rings. The predicted octanol–water partition coefficient (Wildman–Crippen LogP) is 4.38. The van der Waals surface area contributed by atoms with Crippen molar-refractivity contribution >= 4 is 23.4 Å². The molecule has 2 aromatic carbocycles. The summed E-state index contributed by atoms with van der Waals surface area (Å²) in [5, 5.41) is 0.623. The molecule has 0 spiro atoms. The van der Waals surface area contributed by atoms with Crippen LogP contribution >= 0.6 is 11.8 Å². The van der Waals surface area contributed by atoms with E-state index in [1.165, 1.54) is 22.9 Å². The second kappa shape index (κ2) is 7.61. The Kier molecular flexibility index (Phi) is 5.03. The molecule has 1 N–H and O–H groups in total. The topological polar surface area (TPSA) is 49.0 Å². The van der Waals surface area contributed by atoms with E-state index in [-0.39, 0.29) is 11.2 Å². The van der Waals surface area contributed by atoms with E-state index in [0.29, 0.717) is 0 Å². The molecule has 5 heteroatoms. The summed E-state index contributed by atoms with van der Waals surface area (Å²) in [4.78, 5) is 22.9. The van der Waals surface area contributed by atoms with E-state index < -0.39 is 0 Å². The summed E-state index contributed by atoms with van der Waals surface area (Å²) in [6.45, 7) is 4.76. The highest BCUT2D eigenvalue weighted by Gasteiger charge is 2.28. The van der Waals surface area contributed by atoms with Gasteiger partial charge in [0.05, 0.1) is 10.9 Å². The average molecular weight is 378 g/mol. The molecule has 0 fully saturated rings. The van der Waals surface area contributed by atoms with Crippen molar-refractivity contribution in [3.05, 3.63) is 77.1 Å². The van der Waals surface area contributed by atoms with Gasteiger partial charge in [-0.1, -0.05) is 60.3 Å². The maximum absolute atomic E-state index is 13.0. The Bertz CT molecular complexity index is 951. The first-order chi connectivity index (χ1) is 13.1. The maximum Gasteiger partial charge on any atom is 0.240 e.